The molecule has 0 atom stereocenters. The third-order valence-corrected chi connectivity index (χ3v) is 1.88. The maximum Gasteiger partial charge on any atom is 0.116 e. The fraction of sp³-hybridized carbons (Fsp3) is 0.100. The SMILES string of the molecule is C=CCC1=c2cc(O)ccc2=N1. The summed E-state index contributed by atoms with van der Waals surface area (Å²) in [6.45, 7) is 3.63. The third kappa shape index (κ3) is 0.925. The van der Waals surface area contributed by atoms with Gasteiger partial charge in [-0.05, 0) is 18.2 Å². The Bertz CT molecular complexity index is 445. The second kappa shape index (κ2) is 2.48. The van der Waals surface area contributed by atoms with Crippen molar-refractivity contribution < 1.29 is 5.11 Å². The number of rotatable bonds is 2. The summed E-state index contributed by atoms with van der Waals surface area (Å²) in [5.74, 6) is 0.296. The number of benzene rings is 1. The summed E-state index contributed by atoms with van der Waals surface area (Å²) < 4.78 is 0. The maximum atomic E-state index is 9.18. The lowest BCUT2D eigenvalue weighted by Gasteiger charge is -2.07. The monoisotopic (exact) mass is 159 g/mol. The number of phenolic OH excluding ortho intramolecular Hbond substituents is 1. The molecule has 0 saturated heterocycles. The summed E-state index contributed by atoms with van der Waals surface area (Å²) in [6.07, 6.45) is 2.59. The molecule has 2 nitrogen and oxygen atoms in total. The van der Waals surface area contributed by atoms with Gasteiger partial charge in [-0.2, -0.15) is 0 Å². The molecule has 0 aliphatic carbocycles. The lowest BCUT2D eigenvalue weighted by atomic mass is 10.1. The molecule has 1 aromatic carbocycles. The highest BCUT2D eigenvalue weighted by Gasteiger charge is 2.05. The van der Waals surface area contributed by atoms with Gasteiger partial charge in [0.25, 0.3) is 0 Å². The molecular formula is C10H9NO. The molecule has 1 heterocycles. The van der Waals surface area contributed by atoms with Crippen LogP contribution in [0.25, 0.3) is 5.70 Å². The highest BCUT2D eigenvalue weighted by atomic mass is 16.3. The molecule has 0 saturated carbocycles. The van der Waals surface area contributed by atoms with Crippen molar-refractivity contribution in [1.82, 2.24) is 0 Å². The number of phenols is 1. The molecule has 0 aromatic heterocycles. The summed E-state index contributed by atoms with van der Waals surface area (Å²) in [5.41, 5.74) is 1.01. The largest absolute Gasteiger partial charge is 0.508 e. The van der Waals surface area contributed by atoms with E-state index in [2.05, 4.69) is 11.6 Å². The molecule has 12 heavy (non-hydrogen) atoms. The van der Waals surface area contributed by atoms with Crippen molar-refractivity contribution in [2.45, 2.75) is 6.42 Å². The van der Waals surface area contributed by atoms with Crippen molar-refractivity contribution in [3.63, 3.8) is 0 Å². The highest BCUT2D eigenvalue weighted by molar-refractivity contribution is 5.51. The van der Waals surface area contributed by atoms with Crippen LogP contribution in [0.5, 0.6) is 5.75 Å². The predicted octanol–water partition coefficient (Wildman–Crippen LogP) is 0.710. The number of hydrogen-bond acceptors (Lipinski definition) is 2. The predicted molar refractivity (Wildman–Crippen MR) is 47.1 cm³/mol. The van der Waals surface area contributed by atoms with Gasteiger partial charge in [0, 0.05) is 11.6 Å². The van der Waals surface area contributed by atoms with Crippen molar-refractivity contribution in [3.8, 4) is 5.75 Å². The summed E-state index contributed by atoms with van der Waals surface area (Å²) in [7, 11) is 0. The maximum absolute atomic E-state index is 9.18. The first kappa shape index (κ1) is 7.10. The number of hydrogen-bond donors (Lipinski definition) is 1. The van der Waals surface area contributed by atoms with Crippen LogP contribution < -0.4 is 10.6 Å². The molecule has 1 aromatic rings. The van der Waals surface area contributed by atoms with Gasteiger partial charge < -0.3 is 5.11 Å². The normalized spacial score (nSPS) is 12.8. The standard InChI is InChI=1S/C10H9NO/c1-2-3-9-8-6-7(12)4-5-10(8)11-9/h2,4-6,12H,1,3H2. The lowest BCUT2D eigenvalue weighted by Crippen LogP contribution is -2.34. The first-order valence-electron chi connectivity index (χ1n) is 3.83. The average Bonchev–Trinajstić information content (AvgIpc) is 2.05. The van der Waals surface area contributed by atoms with Crippen LogP contribution in [0.2, 0.25) is 0 Å². The van der Waals surface area contributed by atoms with Gasteiger partial charge in [0.2, 0.25) is 0 Å². The van der Waals surface area contributed by atoms with Crippen LogP contribution >= 0.6 is 0 Å². The van der Waals surface area contributed by atoms with Crippen LogP contribution in [0, 0.1) is 0 Å². The Morgan fingerprint density at radius 2 is 2.33 bits per heavy atom. The fourth-order valence-electron chi connectivity index (χ4n) is 1.30. The summed E-state index contributed by atoms with van der Waals surface area (Å²) in [5, 5.41) is 11.2. The zero-order chi connectivity index (χ0) is 8.55. The van der Waals surface area contributed by atoms with E-state index in [1.807, 2.05) is 12.1 Å². The van der Waals surface area contributed by atoms with Crippen molar-refractivity contribution >= 4 is 5.70 Å². The Kier molecular flexibility index (Phi) is 1.47. The van der Waals surface area contributed by atoms with E-state index in [9.17, 15) is 5.11 Å². The topological polar surface area (TPSA) is 32.6 Å². The molecule has 60 valence electrons. The van der Waals surface area contributed by atoms with E-state index < -0.39 is 0 Å². The van der Waals surface area contributed by atoms with Crippen LogP contribution in [0.3, 0.4) is 0 Å². The minimum absolute atomic E-state index is 0.296. The highest BCUT2D eigenvalue weighted by Crippen LogP contribution is 2.08. The molecule has 0 amide bonds. The van der Waals surface area contributed by atoms with E-state index in [0.717, 1.165) is 22.7 Å². The quantitative estimate of drug-likeness (QED) is 0.633. The Labute approximate surface area is 70.2 Å². The minimum atomic E-state index is 0.296. The van der Waals surface area contributed by atoms with Crippen molar-refractivity contribution in [3.05, 3.63) is 41.4 Å². The fourth-order valence-corrected chi connectivity index (χ4v) is 1.30. The molecule has 0 radical (unpaired) electrons. The average molecular weight is 159 g/mol. The second-order valence-electron chi connectivity index (χ2n) is 2.75. The van der Waals surface area contributed by atoms with Crippen LogP contribution in [-0.2, 0) is 0 Å². The van der Waals surface area contributed by atoms with Gasteiger partial charge in [0.1, 0.15) is 5.75 Å². The molecule has 1 N–H and O–H groups in total. The molecular weight excluding hydrogens is 150 g/mol. The van der Waals surface area contributed by atoms with E-state index >= 15 is 0 Å². The molecule has 2 heteroatoms. The molecule has 2 rings (SSSR count). The molecule has 1 aliphatic heterocycles. The lowest BCUT2D eigenvalue weighted by molar-refractivity contribution is 0.474. The van der Waals surface area contributed by atoms with Gasteiger partial charge in [-0.25, -0.2) is 0 Å². The zero-order valence-corrected chi connectivity index (χ0v) is 6.62. The first-order chi connectivity index (χ1) is 5.81. The summed E-state index contributed by atoms with van der Waals surface area (Å²) in [6, 6.07) is 5.20. The molecule has 1 aliphatic rings. The van der Waals surface area contributed by atoms with Gasteiger partial charge >= 0.3 is 0 Å². The van der Waals surface area contributed by atoms with Gasteiger partial charge in [-0.1, -0.05) is 6.08 Å². The van der Waals surface area contributed by atoms with E-state index in [1.54, 1.807) is 12.1 Å². The number of nitrogens with zero attached hydrogens (tertiary/aromatic N) is 1. The number of fused-ring (bicyclic) bond motifs is 1. The van der Waals surface area contributed by atoms with Crippen molar-refractivity contribution in [1.29, 1.82) is 0 Å². The van der Waals surface area contributed by atoms with Crippen molar-refractivity contribution in [2.75, 3.05) is 0 Å². The first-order valence-corrected chi connectivity index (χ1v) is 3.83. The Hall–Kier alpha value is -1.57. The van der Waals surface area contributed by atoms with Gasteiger partial charge in [0.15, 0.2) is 0 Å². The zero-order valence-electron chi connectivity index (χ0n) is 6.62. The van der Waals surface area contributed by atoms with Crippen LogP contribution in [0.4, 0.5) is 0 Å². The van der Waals surface area contributed by atoms with Gasteiger partial charge in [0.05, 0.1) is 11.1 Å². The molecule has 0 spiro atoms. The Balaban J connectivity index is 2.57. The van der Waals surface area contributed by atoms with Crippen LogP contribution in [0.1, 0.15) is 6.42 Å². The smallest absolute Gasteiger partial charge is 0.116 e. The Morgan fingerprint density at radius 3 is 3.08 bits per heavy atom. The van der Waals surface area contributed by atoms with Crippen molar-refractivity contribution in [2.24, 2.45) is 4.99 Å². The molecule has 0 bridgehead atoms. The van der Waals surface area contributed by atoms with E-state index in [4.69, 9.17) is 0 Å². The molecule has 0 unspecified atom stereocenters. The third-order valence-electron chi connectivity index (χ3n) is 1.88. The summed E-state index contributed by atoms with van der Waals surface area (Å²) >= 11 is 0. The van der Waals surface area contributed by atoms with E-state index in [-0.39, 0.29) is 0 Å². The van der Waals surface area contributed by atoms with E-state index in [1.165, 1.54) is 0 Å². The minimum Gasteiger partial charge on any atom is -0.508 e. The van der Waals surface area contributed by atoms with Gasteiger partial charge in [-0.15, -0.1) is 6.58 Å². The second-order valence-corrected chi connectivity index (χ2v) is 2.75. The van der Waals surface area contributed by atoms with Gasteiger partial charge in [-0.3, -0.25) is 4.99 Å². The summed E-state index contributed by atoms with van der Waals surface area (Å²) in [4.78, 5) is 4.25. The van der Waals surface area contributed by atoms with E-state index in [0.29, 0.717) is 5.75 Å². The van der Waals surface area contributed by atoms with Crippen LogP contribution in [0.15, 0.2) is 35.8 Å². The molecule has 0 fully saturated rings. The number of aromatic hydroxyl groups is 1. The van der Waals surface area contributed by atoms with Crippen LogP contribution in [-0.4, -0.2) is 5.11 Å². The Morgan fingerprint density at radius 1 is 1.50 bits per heavy atom.